The van der Waals surface area contributed by atoms with Crippen LogP contribution in [0.15, 0.2) is 78.5 Å². The Morgan fingerprint density at radius 2 is 1.55 bits per heavy atom. The average molecular weight is 572 g/mol. The normalized spacial score (nSPS) is 12.7. The van der Waals surface area contributed by atoms with E-state index in [2.05, 4.69) is 39.8 Å². The molecule has 0 radical (unpaired) electrons. The molecule has 42 heavy (non-hydrogen) atoms. The second kappa shape index (κ2) is 14.7. The second-order valence-electron chi connectivity index (χ2n) is 10.2. The summed E-state index contributed by atoms with van der Waals surface area (Å²) in [5.74, 6) is 0.0115. The van der Waals surface area contributed by atoms with Gasteiger partial charge in [-0.2, -0.15) is 0 Å². The lowest BCUT2D eigenvalue weighted by atomic mass is 10.1. The number of ether oxygens (including phenoxy) is 3. The van der Waals surface area contributed by atoms with E-state index in [1.54, 1.807) is 30.3 Å². The first kappa shape index (κ1) is 30.2. The van der Waals surface area contributed by atoms with E-state index < -0.39 is 17.8 Å². The van der Waals surface area contributed by atoms with Crippen LogP contribution in [-0.2, 0) is 20.7 Å². The van der Waals surface area contributed by atoms with Gasteiger partial charge in [-0.1, -0.05) is 24.3 Å². The molecule has 0 atom stereocenters. The van der Waals surface area contributed by atoms with E-state index in [0.29, 0.717) is 23.5 Å². The molecule has 0 unspecified atom stereocenters. The van der Waals surface area contributed by atoms with Crippen LogP contribution in [0.1, 0.15) is 41.3 Å². The van der Waals surface area contributed by atoms with Gasteiger partial charge >= 0.3 is 5.97 Å². The molecule has 3 aromatic carbocycles. The number of rotatable bonds is 14. The van der Waals surface area contributed by atoms with Gasteiger partial charge in [0.05, 0.1) is 19.3 Å². The molecular formula is C33H37N3O6. The number of amides is 2. The first-order chi connectivity index (χ1) is 20.3. The maximum absolute atomic E-state index is 13.1. The van der Waals surface area contributed by atoms with Gasteiger partial charge in [0.2, 0.25) is 0 Å². The molecule has 1 aliphatic carbocycles. The third kappa shape index (κ3) is 9.69. The van der Waals surface area contributed by atoms with Crippen molar-refractivity contribution in [1.82, 2.24) is 10.6 Å². The standard InChI is InChI=1S/C33H37N3O6/c1-23(37)40-21-19-34-33(39)31(22-25-6-12-29(13-7-25)42-30-16-17-30)35-32(38)26-8-14-28(15-9-26)41-20-18-24-4-10-27(11-5-24)36(2)3/h4-15,22,30H,16-21H2,1-3H3,(H,34,39)(H,35,38)/b31-22-. The number of carbonyl (C=O) groups is 3. The average Bonchev–Trinajstić information content (AvgIpc) is 3.80. The van der Waals surface area contributed by atoms with Crippen LogP contribution in [0.2, 0.25) is 0 Å². The first-order valence-corrected chi connectivity index (χ1v) is 14.0. The molecule has 0 saturated heterocycles. The van der Waals surface area contributed by atoms with Crippen molar-refractivity contribution in [2.24, 2.45) is 0 Å². The van der Waals surface area contributed by atoms with Crippen LogP contribution in [0.25, 0.3) is 6.08 Å². The lowest BCUT2D eigenvalue weighted by Gasteiger charge is -2.13. The number of hydrogen-bond donors (Lipinski definition) is 2. The van der Waals surface area contributed by atoms with E-state index in [9.17, 15) is 14.4 Å². The van der Waals surface area contributed by atoms with Gasteiger partial charge in [0.1, 0.15) is 23.8 Å². The number of hydrogen-bond acceptors (Lipinski definition) is 7. The minimum Gasteiger partial charge on any atom is -0.493 e. The number of benzene rings is 3. The third-order valence-electron chi connectivity index (χ3n) is 6.43. The molecule has 0 bridgehead atoms. The highest BCUT2D eigenvalue weighted by Gasteiger charge is 2.23. The molecule has 3 aromatic rings. The first-order valence-electron chi connectivity index (χ1n) is 14.0. The Bertz CT molecular complexity index is 1380. The van der Waals surface area contributed by atoms with Crippen LogP contribution in [-0.4, -0.2) is 57.7 Å². The summed E-state index contributed by atoms with van der Waals surface area (Å²) in [4.78, 5) is 39.1. The quantitative estimate of drug-likeness (QED) is 0.168. The van der Waals surface area contributed by atoms with Gasteiger partial charge in [-0.15, -0.1) is 0 Å². The predicted octanol–water partition coefficient (Wildman–Crippen LogP) is 4.37. The van der Waals surface area contributed by atoms with E-state index in [1.165, 1.54) is 12.5 Å². The molecule has 220 valence electrons. The number of anilines is 1. The van der Waals surface area contributed by atoms with E-state index in [1.807, 2.05) is 38.4 Å². The fourth-order valence-corrected chi connectivity index (χ4v) is 3.95. The number of carbonyl (C=O) groups excluding carboxylic acids is 3. The molecule has 0 spiro atoms. The summed E-state index contributed by atoms with van der Waals surface area (Å²) in [5, 5.41) is 5.38. The topological polar surface area (TPSA) is 106 Å². The third-order valence-corrected chi connectivity index (χ3v) is 6.43. The van der Waals surface area contributed by atoms with Crippen LogP contribution in [0, 0.1) is 0 Å². The van der Waals surface area contributed by atoms with Crippen molar-refractivity contribution in [2.75, 3.05) is 38.8 Å². The Hall–Kier alpha value is -4.79. The lowest BCUT2D eigenvalue weighted by molar-refractivity contribution is -0.141. The smallest absolute Gasteiger partial charge is 0.302 e. The lowest BCUT2D eigenvalue weighted by Crippen LogP contribution is -2.36. The SMILES string of the molecule is CC(=O)OCCNC(=O)/C(=C/c1ccc(OC2CC2)cc1)NC(=O)c1ccc(OCCc2ccc(N(C)C)cc2)cc1. The Labute approximate surface area is 246 Å². The van der Waals surface area contributed by atoms with Crippen molar-refractivity contribution in [1.29, 1.82) is 0 Å². The summed E-state index contributed by atoms with van der Waals surface area (Å²) >= 11 is 0. The monoisotopic (exact) mass is 571 g/mol. The van der Waals surface area contributed by atoms with Crippen LogP contribution in [0.5, 0.6) is 11.5 Å². The molecular weight excluding hydrogens is 534 g/mol. The molecule has 4 rings (SSSR count). The van der Waals surface area contributed by atoms with E-state index in [4.69, 9.17) is 14.2 Å². The molecule has 1 aliphatic rings. The Balaban J connectivity index is 1.36. The summed E-state index contributed by atoms with van der Waals surface area (Å²) in [6.07, 6.45) is 4.74. The highest BCUT2D eigenvalue weighted by Crippen LogP contribution is 2.27. The molecule has 0 heterocycles. The second-order valence-corrected chi connectivity index (χ2v) is 10.2. The summed E-state index contributed by atoms with van der Waals surface area (Å²) in [7, 11) is 4.01. The van der Waals surface area contributed by atoms with Crippen molar-refractivity contribution in [2.45, 2.75) is 32.3 Å². The summed E-state index contributed by atoms with van der Waals surface area (Å²) in [6.45, 7) is 1.92. The summed E-state index contributed by atoms with van der Waals surface area (Å²) in [5.41, 5.74) is 3.45. The zero-order valence-corrected chi connectivity index (χ0v) is 24.2. The number of nitrogens with one attached hydrogen (secondary N) is 2. The maximum atomic E-state index is 13.1. The fraction of sp³-hybridized carbons (Fsp3) is 0.303. The minimum atomic E-state index is -0.507. The van der Waals surface area contributed by atoms with E-state index in [-0.39, 0.29) is 25.0 Å². The number of esters is 1. The van der Waals surface area contributed by atoms with Crippen LogP contribution < -0.4 is 25.0 Å². The summed E-state index contributed by atoms with van der Waals surface area (Å²) in [6, 6.07) is 22.4. The van der Waals surface area contributed by atoms with Gasteiger partial charge in [-0.05, 0) is 78.6 Å². The van der Waals surface area contributed by atoms with E-state index >= 15 is 0 Å². The zero-order chi connectivity index (χ0) is 29.9. The Morgan fingerprint density at radius 3 is 2.17 bits per heavy atom. The molecule has 2 amide bonds. The number of nitrogens with zero attached hydrogens (tertiary/aromatic N) is 1. The van der Waals surface area contributed by atoms with Gasteiger partial charge in [0.25, 0.3) is 11.8 Å². The molecule has 0 aliphatic heterocycles. The highest BCUT2D eigenvalue weighted by atomic mass is 16.5. The van der Waals surface area contributed by atoms with Crippen LogP contribution >= 0.6 is 0 Å². The van der Waals surface area contributed by atoms with Crippen molar-refractivity contribution < 1.29 is 28.6 Å². The van der Waals surface area contributed by atoms with Crippen LogP contribution in [0.4, 0.5) is 5.69 Å². The molecule has 9 nitrogen and oxygen atoms in total. The van der Waals surface area contributed by atoms with Crippen molar-refractivity contribution in [3.8, 4) is 11.5 Å². The molecule has 9 heteroatoms. The van der Waals surface area contributed by atoms with Gasteiger partial charge in [0, 0.05) is 38.7 Å². The fourth-order valence-electron chi connectivity index (χ4n) is 3.95. The van der Waals surface area contributed by atoms with Gasteiger partial charge < -0.3 is 29.7 Å². The largest absolute Gasteiger partial charge is 0.493 e. The Kier molecular flexibility index (Phi) is 10.6. The van der Waals surface area contributed by atoms with Crippen molar-refractivity contribution in [3.05, 3.63) is 95.2 Å². The zero-order valence-electron chi connectivity index (χ0n) is 24.2. The molecule has 1 fully saturated rings. The molecule has 1 saturated carbocycles. The van der Waals surface area contributed by atoms with Gasteiger partial charge in [0.15, 0.2) is 0 Å². The van der Waals surface area contributed by atoms with Crippen molar-refractivity contribution in [3.63, 3.8) is 0 Å². The predicted molar refractivity (Wildman–Crippen MR) is 162 cm³/mol. The maximum Gasteiger partial charge on any atom is 0.302 e. The van der Waals surface area contributed by atoms with Gasteiger partial charge in [-0.3, -0.25) is 14.4 Å². The minimum absolute atomic E-state index is 0.0261. The van der Waals surface area contributed by atoms with E-state index in [0.717, 1.165) is 30.7 Å². The van der Waals surface area contributed by atoms with Crippen LogP contribution in [0.3, 0.4) is 0 Å². The highest BCUT2D eigenvalue weighted by molar-refractivity contribution is 6.05. The van der Waals surface area contributed by atoms with Crippen molar-refractivity contribution >= 4 is 29.5 Å². The summed E-state index contributed by atoms with van der Waals surface area (Å²) < 4.78 is 16.5. The molecule has 0 aromatic heterocycles. The molecule has 2 N–H and O–H groups in total. The Morgan fingerprint density at radius 1 is 0.881 bits per heavy atom. The van der Waals surface area contributed by atoms with Gasteiger partial charge in [-0.25, -0.2) is 0 Å².